The Hall–Kier alpha value is -1.58. The molecule has 4 nitrogen and oxygen atoms in total. The number of carbonyl (C=O) groups excluding carboxylic acids is 2. The summed E-state index contributed by atoms with van der Waals surface area (Å²) in [5, 5.41) is 0. The van der Waals surface area contributed by atoms with Crippen molar-refractivity contribution < 1.29 is 19.1 Å². The van der Waals surface area contributed by atoms with Crippen molar-refractivity contribution in [1.29, 1.82) is 0 Å². The van der Waals surface area contributed by atoms with E-state index in [1.807, 2.05) is 33.8 Å². The average molecular weight is 282 g/mol. The van der Waals surface area contributed by atoms with Gasteiger partial charge in [-0.15, -0.1) is 0 Å². The second-order valence-electron chi connectivity index (χ2n) is 5.83. The summed E-state index contributed by atoms with van der Waals surface area (Å²) in [6, 6.07) is 0. The van der Waals surface area contributed by atoms with Gasteiger partial charge in [0.2, 0.25) is 0 Å². The SMILES string of the molecule is COC(=O)/C=C/CC[C@H](C)/C=C(\C)C(=O)OC(C)(C)C. The standard InChI is InChI=1S/C16H26O4/c1-12(9-7-8-10-14(17)19-6)11-13(2)15(18)20-16(3,4)5/h8,10-12H,7,9H2,1-6H3/b10-8+,13-11+/t12-/m0/s1. The van der Waals surface area contributed by atoms with E-state index in [2.05, 4.69) is 4.74 Å². The number of methoxy groups -OCH3 is 1. The molecule has 0 aromatic rings. The summed E-state index contributed by atoms with van der Waals surface area (Å²) < 4.78 is 9.79. The molecule has 4 heteroatoms. The third-order valence-electron chi connectivity index (χ3n) is 2.50. The highest BCUT2D eigenvalue weighted by Gasteiger charge is 2.17. The molecule has 0 fully saturated rings. The summed E-state index contributed by atoms with van der Waals surface area (Å²) >= 11 is 0. The fraction of sp³-hybridized carbons (Fsp3) is 0.625. The maximum absolute atomic E-state index is 11.8. The van der Waals surface area contributed by atoms with Gasteiger partial charge in [0, 0.05) is 11.6 Å². The van der Waals surface area contributed by atoms with Crippen molar-refractivity contribution in [2.24, 2.45) is 5.92 Å². The maximum Gasteiger partial charge on any atom is 0.333 e. The Morgan fingerprint density at radius 1 is 1.25 bits per heavy atom. The first-order chi connectivity index (χ1) is 9.15. The third kappa shape index (κ3) is 9.36. The van der Waals surface area contributed by atoms with Crippen LogP contribution in [0.2, 0.25) is 0 Å². The van der Waals surface area contributed by atoms with Crippen LogP contribution in [0.15, 0.2) is 23.8 Å². The fourth-order valence-electron chi connectivity index (χ4n) is 1.54. The molecule has 0 N–H and O–H groups in total. The Labute approximate surface area is 121 Å². The molecular weight excluding hydrogens is 256 g/mol. The van der Waals surface area contributed by atoms with Gasteiger partial charge < -0.3 is 9.47 Å². The van der Waals surface area contributed by atoms with E-state index in [1.54, 1.807) is 13.0 Å². The van der Waals surface area contributed by atoms with Crippen LogP contribution in [0, 0.1) is 5.92 Å². The van der Waals surface area contributed by atoms with Crippen molar-refractivity contribution >= 4 is 11.9 Å². The predicted molar refractivity (Wildman–Crippen MR) is 79.2 cm³/mol. The lowest BCUT2D eigenvalue weighted by Crippen LogP contribution is -2.24. The van der Waals surface area contributed by atoms with Crippen LogP contribution in [0.1, 0.15) is 47.5 Å². The first-order valence-corrected chi connectivity index (χ1v) is 6.82. The Morgan fingerprint density at radius 2 is 1.85 bits per heavy atom. The molecule has 0 amide bonds. The lowest BCUT2D eigenvalue weighted by atomic mass is 10.0. The van der Waals surface area contributed by atoms with Crippen molar-refractivity contribution in [3.63, 3.8) is 0 Å². The van der Waals surface area contributed by atoms with Gasteiger partial charge in [-0.1, -0.05) is 19.1 Å². The van der Waals surface area contributed by atoms with E-state index >= 15 is 0 Å². The van der Waals surface area contributed by atoms with Crippen molar-refractivity contribution in [3.8, 4) is 0 Å². The van der Waals surface area contributed by atoms with E-state index in [4.69, 9.17) is 4.74 Å². The Bertz CT molecular complexity index is 386. The summed E-state index contributed by atoms with van der Waals surface area (Å²) in [5.41, 5.74) is 0.142. The van der Waals surface area contributed by atoms with E-state index in [0.29, 0.717) is 5.57 Å². The fourth-order valence-corrected chi connectivity index (χ4v) is 1.54. The van der Waals surface area contributed by atoms with Gasteiger partial charge in [-0.05, 0) is 46.5 Å². The Balaban J connectivity index is 4.26. The number of esters is 2. The van der Waals surface area contributed by atoms with E-state index in [1.165, 1.54) is 13.2 Å². The normalized spacial score (nSPS) is 14.2. The first kappa shape index (κ1) is 18.4. The van der Waals surface area contributed by atoms with E-state index in [-0.39, 0.29) is 17.9 Å². The summed E-state index contributed by atoms with van der Waals surface area (Å²) in [6.07, 6.45) is 6.71. The molecule has 20 heavy (non-hydrogen) atoms. The number of rotatable bonds is 6. The molecular formula is C16H26O4. The van der Waals surface area contributed by atoms with Crippen LogP contribution in [-0.4, -0.2) is 24.6 Å². The summed E-state index contributed by atoms with van der Waals surface area (Å²) in [4.78, 5) is 22.7. The molecule has 0 heterocycles. The maximum atomic E-state index is 11.8. The topological polar surface area (TPSA) is 52.6 Å². The smallest absolute Gasteiger partial charge is 0.333 e. The summed E-state index contributed by atoms with van der Waals surface area (Å²) in [6.45, 7) is 9.33. The Kier molecular flexibility index (Phi) is 7.89. The number of hydrogen-bond donors (Lipinski definition) is 0. The zero-order valence-corrected chi connectivity index (χ0v) is 13.4. The van der Waals surface area contributed by atoms with E-state index < -0.39 is 5.60 Å². The zero-order chi connectivity index (χ0) is 15.8. The second-order valence-corrected chi connectivity index (χ2v) is 5.83. The molecule has 0 aromatic heterocycles. The first-order valence-electron chi connectivity index (χ1n) is 6.82. The van der Waals surface area contributed by atoms with Crippen molar-refractivity contribution in [2.45, 2.75) is 53.1 Å². The van der Waals surface area contributed by atoms with Gasteiger partial charge in [-0.25, -0.2) is 9.59 Å². The monoisotopic (exact) mass is 282 g/mol. The average Bonchev–Trinajstić information content (AvgIpc) is 2.32. The van der Waals surface area contributed by atoms with Crippen LogP contribution < -0.4 is 0 Å². The van der Waals surface area contributed by atoms with E-state index in [0.717, 1.165) is 12.8 Å². The molecule has 0 aliphatic rings. The molecule has 114 valence electrons. The molecule has 0 aromatic carbocycles. The van der Waals surface area contributed by atoms with Gasteiger partial charge in [0.1, 0.15) is 5.60 Å². The van der Waals surface area contributed by atoms with Gasteiger partial charge in [-0.3, -0.25) is 0 Å². The molecule has 0 spiro atoms. The molecule has 0 aliphatic heterocycles. The summed E-state index contributed by atoms with van der Waals surface area (Å²) in [5.74, 6) is -0.391. The number of allylic oxidation sites excluding steroid dienone is 2. The van der Waals surface area contributed by atoms with Gasteiger partial charge >= 0.3 is 11.9 Å². The van der Waals surface area contributed by atoms with Crippen LogP contribution in [-0.2, 0) is 19.1 Å². The Morgan fingerprint density at radius 3 is 2.35 bits per heavy atom. The van der Waals surface area contributed by atoms with Crippen molar-refractivity contribution in [2.75, 3.05) is 7.11 Å². The lowest BCUT2D eigenvalue weighted by Gasteiger charge is -2.20. The number of ether oxygens (including phenoxy) is 2. The second kappa shape index (κ2) is 8.56. The highest BCUT2D eigenvalue weighted by Crippen LogP contribution is 2.15. The summed E-state index contributed by atoms with van der Waals surface area (Å²) in [7, 11) is 1.35. The van der Waals surface area contributed by atoms with Crippen molar-refractivity contribution in [3.05, 3.63) is 23.8 Å². The highest BCUT2D eigenvalue weighted by molar-refractivity contribution is 5.88. The molecule has 0 unspecified atom stereocenters. The third-order valence-corrected chi connectivity index (χ3v) is 2.50. The van der Waals surface area contributed by atoms with Gasteiger partial charge in [0.25, 0.3) is 0 Å². The van der Waals surface area contributed by atoms with Crippen LogP contribution in [0.5, 0.6) is 0 Å². The molecule has 0 saturated carbocycles. The highest BCUT2D eigenvalue weighted by atomic mass is 16.6. The molecule has 0 bridgehead atoms. The molecule has 0 radical (unpaired) electrons. The van der Waals surface area contributed by atoms with Gasteiger partial charge in [0.05, 0.1) is 7.11 Å². The molecule has 0 rings (SSSR count). The van der Waals surface area contributed by atoms with Gasteiger partial charge in [-0.2, -0.15) is 0 Å². The molecule has 0 aliphatic carbocycles. The molecule has 0 saturated heterocycles. The minimum absolute atomic E-state index is 0.241. The predicted octanol–water partition coefficient (Wildman–Crippen LogP) is 3.42. The zero-order valence-electron chi connectivity index (χ0n) is 13.4. The largest absolute Gasteiger partial charge is 0.466 e. The minimum atomic E-state index is -0.474. The van der Waals surface area contributed by atoms with Crippen LogP contribution >= 0.6 is 0 Å². The number of hydrogen-bond acceptors (Lipinski definition) is 4. The molecule has 1 atom stereocenters. The number of carbonyl (C=O) groups is 2. The van der Waals surface area contributed by atoms with Crippen LogP contribution in [0.25, 0.3) is 0 Å². The quantitative estimate of drug-likeness (QED) is 0.553. The van der Waals surface area contributed by atoms with E-state index in [9.17, 15) is 9.59 Å². The minimum Gasteiger partial charge on any atom is -0.466 e. The van der Waals surface area contributed by atoms with Crippen LogP contribution in [0.3, 0.4) is 0 Å². The van der Waals surface area contributed by atoms with Crippen LogP contribution in [0.4, 0.5) is 0 Å². The lowest BCUT2D eigenvalue weighted by molar-refractivity contribution is -0.149. The van der Waals surface area contributed by atoms with Gasteiger partial charge in [0.15, 0.2) is 0 Å². The van der Waals surface area contributed by atoms with Crippen molar-refractivity contribution in [1.82, 2.24) is 0 Å².